The Labute approximate surface area is 123 Å². The SMILES string of the molecule is CC1(C)CN=C(SCCOc2ccc(Cl)cc2)NC1. The standard InChI is InChI=1S/C14H19ClN2OS/c1-14(2)9-16-13(17-10-14)19-8-7-18-12-5-3-11(15)4-6-12/h3-6H,7-10H2,1-2H3,(H,16,17). The molecular formula is C14H19ClN2OS. The molecule has 0 amide bonds. The third-order valence-electron chi connectivity index (χ3n) is 2.77. The van der Waals surface area contributed by atoms with Gasteiger partial charge >= 0.3 is 0 Å². The van der Waals surface area contributed by atoms with Gasteiger partial charge in [0.1, 0.15) is 5.75 Å². The van der Waals surface area contributed by atoms with Crippen molar-refractivity contribution >= 4 is 28.5 Å². The molecule has 0 bridgehead atoms. The van der Waals surface area contributed by atoms with E-state index in [1.54, 1.807) is 11.8 Å². The Morgan fingerprint density at radius 1 is 1.37 bits per heavy atom. The monoisotopic (exact) mass is 298 g/mol. The van der Waals surface area contributed by atoms with E-state index in [0.29, 0.717) is 6.61 Å². The van der Waals surface area contributed by atoms with Crippen molar-refractivity contribution in [2.75, 3.05) is 25.4 Å². The molecule has 0 spiro atoms. The molecule has 1 aliphatic rings. The van der Waals surface area contributed by atoms with Crippen molar-refractivity contribution < 1.29 is 4.74 Å². The Bertz CT molecular complexity index is 445. The Balaban J connectivity index is 1.67. The minimum Gasteiger partial charge on any atom is -0.493 e. The van der Waals surface area contributed by atoms with Gasteiger partial charge in [-0.1, -0.05) is 37.2 Å². The number of thioether (sulfide) groups is 1. The number of nitrogens with one attached hydrogen (secondary N) is 1. The van der Waals surface area contributed by atoms with E-state index in [9.17, 15) is 0 Å². The highest BCUT2D eigenvalue weighted by Gasteiger charge is 2.22. The molecule has 0 saturated heterocycles. The molecule has 0 radical (unpaired) electrons. The molecule has 3 nitrogen and oxygen atoms in total. The third kappa shape index (κ3) is 4.96. The van der Waals surface area contributed by atoms with Gasteiger partial charge in [-0.05, 0) is 24.3 Å². The van der Waals surface area contributed by atoms with Crippen LogP contribution in [-0.4, -0.2) is 30.6 Å². The summed E-state index contributed by atoms with van der Waals surface area (Å²) in [6, 6.07) is 7.43. The van der Waals surface area contributed by atoms with Gasteiger partial charge in [-0.25, -0.2) is 0 Å². The first-order valence-corrected chi connectivity index (χ1v) is 7.71. The van der Waals surface area contributed by atoms with Crippen molar-refractivity contribution in [3.63, 3.8) is 0 Å². The number of nitrogens with zero attached hydrogens (tertiary/aromatic N) is 1. The van der Waals surface area contributed by atoms with E-state index in [-0.39, 0.29) is 5.41 Å². The lowest BCUT2D eigenvalue weighted by molar-refractivity contribution is 0.344. The molecule has 0 saturated carbocycles. The fraction of sp³-hybridized carbons (Fsp3) is 0.500. The van der Waals surface area contributed by atoms with Crippen molar-refractivity contribution in [2.45, 2.75) is 13.8 Å². The van der Waals surface area contributed by atoms with Gasteiger partial charge in [-0.15, -0.1) is 0 Å². The van der Waals surface area contributed by atoms with Gasteiger partial charge < -0.3 is 10.1 Å². The van der Waals surface area contributed by atoms with Crippen LogP contribution in [0.1, 0.15) is 13.8 Å². The Kier molecular flexibility index (Phi) is 4.99. The molecule has 0 unspecified atom stereocenters. The van der Waals surface area contributed by atoms with Crippen molar-refractivity contribution in [1.82, 2.24) is 5.32 Å². The van der Waals surface area contributed by atoms with E-state index in [0.717, 1.165) is 34.8 Å². The van der Waals surface area contributed by atoms with Gasteiger partial charge in [-0.2, -0.15) is 0 Å². The third-order valence-corrected chi connectivity index (χ3v) is 3.94. The Hall–Kier alpha value is -0.870. The lowest BCUT2D eigenvalue weighted by Gasteiger charge is -2.28. The van der Waals surface area contributed by atoms with E-state index < -0.39 is 0 Å². The molecule has 1 aromatic rings. The second-order valence-corrected chi connectivity index (χ2v) is 6.81. The van der Waals surface area contributed by atoms with Crippen LogP contribution in [0.4, 0.5) is 0 Å². The summed E-state index contributed by atoms with van der Waals surface area (Å²) in [6.07, 6.45) is 0. The molecule has 1 aromatic carbocycles. The first kappa shape index (κ1) is 14.5. The minimum absolute atomic E-state index is 0.268. The van der Waals surface area contributed by atoms with E-state index in [2.05, 4.69) is 24.2 Å². The lowest BCUT2D eigenvalue weighted by atomic mass is 9.93. The molecular weight excluding hydrogens is 280 g/mol. The van der Waals surface area contributed by atoms with Crippen LogP contribution in [0.2, 0.25) is 5.02 Å². The van der Waals surface area contributed by atoms with Crippen LogP contribution < -0.4 is 10.1 Å². The summed E-state index contributed by atoms with van der Waals surface area (Å²) in [6.45, 7) is 6.97. The summed E-state index contributed by atoms with van der Waals surface area (Å²) < 4.78 is 5.63. The van der Waals surface area contributed by atoms with Gasteiger partial charge in [0.05, 0.1) is 6.61 Å². The summed E-state index contributed by atoms with van der Waals surface area (Å²) in [7, 11) is 0. The molecule has 1 heterocycles. The lowest BCUT2D eigenvalue weighted by Crippen LogP contribution is -2.39. The van der Waals surface area contributed by atoms with Crippen molar-refractivity contribution in [1.29, 1.82) is 0 Å². The summed E-state index contributed by atoms with van der Waals surface area (Å²) in [5.74, 6) is 1.74. The fourth-order valence-corrected chi connectivity index (χ4v) is 2.45. The van der Waals surface area contributed by atoms with Crippen LogP contribution in [0, 0.1) is 5.41 Å². The Morgan fingerprint density at radius 2 is 2.11 bits per heavy atom. The predicted molar refractivity (Wildman–Crippen MR) is 83.5 cm³/mol. The first-order valence-electron chi connectivity index (χ1n) is 6.35. The molecule has 104 valence electrons. The van der Waals surface area contributed by atoms with Crippen LogP contribution in [0.5, 0.6) is 5.75 Å². The van der Waals surface area contributed by atoms with E-state index in [1.807, 2.05) is 24.3 Å². The average Bonchev–Trinajstić information content (AvgIpc) is 2.38. The fourth-order valence-electron chi connectivity index (χ4n) is 1.64. The molecule has 19 heavy (non-hydrogen) atoms. The molecule has 5 heteroatoms. The predicted octanol–water partition coefficient (Wildman–Crippen LogP) is 3.44. The van der Waals surface area contributed by atoms with Gasteiger partial charge in [0.2, 0.25) is 0 Å². The maximum absolute atomic E-state index is 5.81. The van der Waals surface area contributed by atoms with Gasteiger partial charge in [0, 0.05) is 29.3 Å². The molecule has 0 fully saturated rings. The number of halogens is 1. The first-order chi connectivity index (χ1) is 9.05. The number of rotatable bonds is 4. The molecule has 0 aromatic heterocycles. The number of ether oxygens (including phenoxy) is 1. The number of hydrogen-bond donors (Lipinski definition) is 1. The summed E-state index contributed by atoms with van der Waals surface area (Å²) >= 11 is 7.52. The molecule has 1 aliphatic heterocycles. The summed E-state index contributed by atoms with van der Waals surface area (Å²) in [5, 5.41) is 5.11. The van der Waals surface area contributed by atoms with Crippen molar-refractivity contribution in [3.05, 3.63) is 29.3 Å². The normalized spacial score (nSPS) is 17.5. The van der Waals surface area contributed by atoms with Crippen LogP contribution in [-0.2, 0) is 0 Å². The number of aliphatic imine (C=N–C) groups is 1. The van der Waals surface area contributed by atoms with E-state index in [4.69, 9.17) is 16.3 Å². The summed E-state index contributed by atoms with van der Waals surface area (Å²) in [4.78, 5) is 4.53. The van der Waals surface area contributed by atoms with E-state index >= 15 is 0 Å². The second-order valence-electron chi connectivity index (χ2n) is 5.29. The van der Waals surface area contributed by atoms with Crippen LogP contribution in [0.3, 0.4) is 0 Å². The number of benzene rings is 1. The summed E-state index contributed by atoms with van der Waals surface area (Å²) in [5.41, 5.74) is 0.268. The van der Waals surface area contributed by atoms with Crippen LogP contribution >= 0.6 is 23.4 Å². The Morgan fingerprint density at radius 3 is 2.74 bits per heavy atom. The van der Waals surface area contributed by atoms with Gasteiger partial charge in [-0.3, -0.25) is 4.99 Å². The minimum atomic E-state index is 0.268. The van der Waals surface area contributed by atoms with Crippen molar-refractivity contribution in [3.8, 4) is 5.75 Å². The van der Waals surface area contributed by atoms with Gasteiger partial charge in [0.25, 0.3) is 0 Å². The molecule has 0 aliphatic carbocycles. The van der Waals surface area contributed by atoms with Crippen LogP contribution in [0.15, 0.2) is 29.3 Å². The number of amidine groups is 1. The zero-order valence-corrected chi connectivity index (χ0v) is 12.9. The highest BCUT2D eigenvalue weighted by atomic mass is 35.5. The largest absolute Gasteiger partial charge is 0.493 e. The molecule has 1 N–H and O–H groups in total. The molecule has 0 atom stereocenters. The highest BCUT2D eigenvalue weighted by Crippen LogP contribution is 2.20. The van der Waals surface area contributed by atoms with E-state index in [1.165, 1.54) is 0 Å². The van der Waals surface area contributed by atoms with Crippen molar-refractivity contribution in [2.24, 2.45) is 10.4 Å². The maximum atomic E-state index is 5.81. The van der Waals surface area contributed by atoms with Gasteiger partial charge in [0.15, 0.2) is 5.17 Å². The second kappa shape index (κ2) is 6.53. The number of hydrogen-bond acceptors (Lipinski definition) is 4. The zero-order valence-electron chi connectivity index (χ0n) is 11.3. The zero-order chi connectivity index (χ0) is 13.7. The topological polar surface area (TPSA) is 33.6 Å². The molecule has 2 rings (SSSR count). The average molecular weight is 299 g/mol. The maximum Gasteiger partial charge on any atom is 0.156 e. The van der Waals surface area contributed by atoms with Crippen LogP contribution in [0.25, 0.3) is 0 Å². The quantitative estimate of drug-likeness (QED) is 0.865. The highest BCUT2D eigenvalue weighted by molar-refractivity contribution is 8.13. The smallest absolute Gasteiger partial charge is 0.156 e.